The summed E-state index contributed by atoms with van der Waals surface area (Å²) in [7, 11) is -3.84. The van der Waals surface area contributed by atoms with Crippen LogP contribution in [0.4, 0.5) is 4.79 Å². The first kappa shape index (κ1) is 26.3. The molecule has 11 heteroatoms. The fourth-order valence-corrected chi connectivity index (χ4v) is 5.15. The average molecular weight is 482 g/mol. The molecule has 0 unspecified atom stereocenters. The predicted octanol–water partition coefficient (Wildman–Crippen LogP) is 1.57. The maximum atomic E-state index is 12.9. The summed E-state index contributed by atoms with van der Waals surface area (Å²) < 4.78 is 38.4. The molecule has 0 radical (unpaired) electrons. The van der Waals surface area contributed by atoms with E-state index in [0.29, 0.717) is 11.1 Å². The lowest BCUT2D eigenvalue weighted by Crippen LogP contribution is -2.45. The van der Waals surface area contributed by atoms with Gasteiger partial charge in [0, 0.05) is 6.54 Å². The van der Waals surface area contributed by atoms with E-state index >= 15 is 0 Å². The standard InChI is InChI=1S/C22H31N3O7S/c1-7-31-21(27)17-10-23-22(28)25-18(17)11-32-19(26)8-9-24-33(29,30)20-15(5)13(3)12(2)14(4)16(20)6/h24H,7-11H2,1-6H3,(H2,23,25,28). The molecule has 0 spiro atoms. The molecule has 1 aromatic rings. The van der Waals surface area contributed by atoms with E-state index in [-0.39, 0.29) is 48.9 Å². The number of esters is 2. The van der Waals surface area contributed by atoms with Gasteiger partial charge >= 0.3 is 18.0 Å². The van der Waals surface area contributed by atoms with Gasteiger partial charge in [0.1, 0.15) is 6.61 Å². The van der Waals surface area contributed by atoms with E-state index in [1.807, 2.05) is 20.8 Å². The first-order valence-electron chi connectivity index (χ1n) is 10.6. The van der Waals surface area contributed by atoms with Crippen LogP contribution in [-0.2, 0) is 29.1 Å². The molecule has 3 N–H and O–H groups in total. The normalized spacial score (nSPS) is 13.9. The van der Waals surface area contributed by atoms with Gasteiger partial charge < -0.3 is 20.1 Å². The molecule has 33 heavy (non-hydrogen) atoms. The zero-order chi connectivity index (χ0) is 24.9. The van der Waals surface area contributed by atoms with Crippen molar-refractivity contribution in [2.75, 3.05) is 26.3 Å². The Bertz CT molecular complexity index is 1080. The van der Waals surface area contributed by atoms with Crippen molar-refractivity contribution >= 4 is 28.0 Å². The number of benzene rings is 1. The molecular weight excluding hydrogens is 450 g/mol. The fourth-order valence-electron chi connectivity index (χ4n) is 3.52. The highest BCUT2D eigenvalue weighted by Gasteiger charge is 2.26. The van der Waals surface area contributed by atoms with Gasteiger partial charge in [0.15, 0.2) is 0 Å². The Morgan fingerprint density at radius 3 is 2.12 bits per heavy atom. The van der Waals surface area contributed by atoms with Crippen molar-refractivity contribution in [2.24, 2.45) is 0 Å². The summed E-state index contributed by atoms with van der Waals surface area (Å²) in [6.07, 6.45) is -0.227. The number of hydrogen-bond donors (Lipinski definition) is 3. The summed E-state index contributed by atoms with van der Waals surface area (Å²) in [4.78, 5) is 35.9. The van der Waals surface area contributed by atoms with Crippen molar-refractivity contribution in [1.82, 2.24) is 15.4 Å². The van der Waals surface area contributed by atoms with Crippen LogP contribution < -0.4 is 15.4 Å². The maximum absolute atomic E-state index is 12.9. The summed E-state index contributed by atoms with van der Waals surface area (Å²) in [5.41, 5.74) is 4.50. The number of carbonyl (C=O) groups excluding carboxylic acids is 3. The summed E-state index contributed by atoms with van der Waals surface area (Å²) >= 11 is 0. The Morgan fingerprint density at radius 1 is 0.970 bits per heavy atom. The van der Waals surface area contributed by atoms with E-state index in [1.165, 1.54) is 0 Å². The Labute approximate surface area is 194 Å². The van der Waals surface area contributed by atoms with Crippen LogP contribution in [0.15, 0.2) is 16.2 Å². The van der Waals surface area contributed by atoms with Crippen molar-refractivity contribution in [3.63, 3.8) is 0 Å². The minimum atomic E-state index is -3.84. The van der Waals surface area contributed by atoms with E-state index in [9.17, 15) is 22.8 Å². The molecule has 0 bridgehead atoms. The van der Waals surface area contributed by atoms with E-state index in [4.69, 9.17) is 9.47 Å². The van der Waals surface area contributed by atoms with Crippen molar-refractivity contribution < 1.29 is 32.3 Å². The number of hydrogen-bond acceptors (Lipinski definition) is 7. The second-order valence-corrected chi connectivity index (χ2v) is 9.45. The lowest BCUT2D eigenvalue weighted by molar-refractivity contribution is -0.143. The summed E-state index contributed by atoms with van der Waals surface area (Å²) in [6, 6.07) is -0.531. The third-order valence-electron chi connectivity index (χ3n) is 5.77. The third-order valence-corrected chi connectivity index (χ3v) is 7.51. The third kappa shape index (κ3) is 6.11. The Hall–Kier alpha value is -2.92. The quantitative estimate of drug-likeness (QED) is 0.455. The van der Waals surface area contributed by atoms with Gasteiger partial charge in [-0.05, 0) is 69.4 Å². The second kappa shape index (κ2) is 10.8. The molecule has 0 saturated carbocycles. The zero-order valence-corrected chi connectivity index (χ0v) is 20.6. The monoisotopic (exact) mass is 481 g/mol. The van der Waals surface area contributed by atoms with E-state index in [2.05, 4.69) is 15.4 Å². The molecule has 0 saturated heterocycles. The number of urea groups is 1. The van der Waals surface area contributed by atoms with Gasteiger partial charge in [0.25, 0.3) is 0 Å². The number of nitrogens with one attached hydrogen (secondary N) is 3. The minimum absolute atomic E-state index is 0.0502. The van der Waals surface area contributed by atoms with Gasteiger partial charge in [-0.25, -0.2) is 22.7 Å². The number of rotatable bonds is 9. The predicted molar refractivity (Wildman–Crippen MR) is 121 cm³/mol. The van der Waals surface area contributed by atoms with Crippen molar-refractivity contribution in [2.45, 2.75) is 52.9 Å². The summed E-state index contributed by atoms with van der Waals surface area (Å²) in [6.45, 7) is 10.5. The van der Waals surface area contributed by atoms with E-state index in [0.717, 1.165) is 16.7 Å². The molecule has 1 aromatic carbocycles. The molecule has 0 fully saturated rings. The van der Waals surface area contributed by atoms with E-state index in [1.54, 1.807) is 20.8 Å². The smallest absolute Gasteiger partial charge is 0.337 e. The lowest BCUT2D eigenvalue weighted by Gasteiger charge is -2.21. The van der Waals surface area contributed by atoms with Crippen LogP contribution in [0.5, 0.6) is 0 Å². The highest BCUT2D eigenvalue weighted by molar-refractivity contribution is 7.89. The first-order valence-corrected chi connectivity index (χ1v) is 12.0. The van der Waals surface area contributed by atoms with Gasteiger partial charge in [0.2, 0.25) is 10.0 Å². The first-order chi connectivity index (χ1) is 15.4. The number of sulfonamides is 1. The fraction of sp³-hybridized carbons (Fsp3) is 0.500. The molecule has 0 atom stereocenters. The molecule has 1 aliphatic heterocycles. The molecule has 1 aliphatic rings. The van der Waals surface area contributed by atoms with Crippen LogP contribution in [0.2, 0.25) is 0 Å². The number of carbonyl (C=O) groups is 3. The minimum Gasteiger partial charge on any atom is -0.463 e. The van der Waals surface area contributed by atoms with Gasteiger partial charge in [-0.15, -0.1) is 0 Å². The SMILES string of the molecule is CCOC(=O)C1=C(COC(=O)CCNS(=O)(=O)c2c(C)c(C)c(C)c(C)c2C)NC(=O)NC1. The van der Waals surface area contributed by atoms with Crippen LogP contribution in [0.3, 0.4) is 0 Å². The molecule has 0 aliphatic carbocycles. The Balaban J connectivity index is 2.02. The zero-order valence-electron chi connectivity index (χ0n) is 19.8. The molecular formula is C22H31N3O7S. The Kier molecular flexibility index (Phi) is 8.62. The van der Waals surface area contributed by atoms with Gasteiger partial charge in [-0.1, -0.05) is 0 Å². The number of amides is 2. The lowest BCUT2D eigenvalue weighted by atomic mass is 9.95. The second-order valence-electron chi connectivity index (χ2n) is 7.75. The number of ether oxygens (including phenoxy) is 2. The molecule has 1 heterocycles. The molecule has 10 nitrogen and oxygen atoms in total. The van der Waals surface area contributed by atoms with Crippen LogP contribution >= 0.6 is 0 Å². The van der Waals surface area contributed by atoms with Crippen LogP contribution in [0, 0.1) is 34.6 Å². The van der Waals surface area contributed by atoms with Gasteiger partial charge in [-0.2, -0.15) is 0 Å². The largest absolute Gasteiger partial charge is 0.463 e. The van der Waals surface area contributed by atoms with Crippen LogP contribution in [0.25, 0.3) is 0 Å². The molecule has 2 rings (SSSR count). The molecule has 182 valence electrons. The molecule has 2 amide bonds. The highest BCUT2D eigenvalue weighted by atomic mass is 32.2. The van der Waals surface area contributed by atoms with Crippen molar-refractivity contribution in [3.8, 4) is 0 Å². The van der Waals surface area contributed by atoms with Crippen LogP contribution in [-0.4, -0.2) is 52.7 Å². The Morgan fingerprint density at radius 2 is 1.55 bits per heavy atom. The van der Waals surface area contributed by atoms with Gasteiger partial charge in [-0.3, -0.25) is 4.79 Å². The van der Waals surface area contributed by atoms with Gasteiger partial charge in [0.05, 0.1) is 35.7 Å². The summed E-state index contributed by atoms with van der Waals surface area (Å²) in [5.74, 6) is -1.32. The van der Waals surface area contributed by atoms with E-state index < -0.39 is 28.0 Å². The van der Waals surface area contributed by atoms with Crippen molar-refractivity contribution in [1.29, 1.82) is 0 Å². The highest BCUT2D eigenvalue weighted by Crippen LogP contribution is 2.29. The van der Waals surface area contributed by atoms with Crippen LogP contribution in [0.1, 0.15) is 41.2 Å². The average Bonchev–Trinajstić information content (AvgIpc) is 2.75. The van der Waals surface area contributed by atoms with Crippen molar-refractivity contribution in [3.05, 3.63) is 39.1 Å². The topological polar surface area (TPSA) is 140 Å². The summed E-state index contributed by atoms with van der Waals surface area (Å²) in [5, 5.41) is 4.88. The molecule has 0 aromatic heterocycles. The maximum Gasteiger partial charge on any atom is 0.337 e.